The molecule has 0 spiro atoms. The van der Waals surface area contributed by atoms with Gasteiger partial charge in [-0.25, -0.2) is 4.98 Å². The molecule has 0 amide bonds. The molecule has 4 nitrogen and oxygen atoms in total. The zero-order valence-electron chi connectivity index (χ0n) is 10.3. The van der Waals surface area contributed by atoms with E-state index in [2.05, 4.69) is 22.5 Å². The number of nitrogens with two attached hydrogens (primary N) is 1. The van der Waals surface area contributed by atoms with Gasteiger partial charge in [-0.05, 0) is 30.0 Å². The number of nitrogens with zero attached hydrogens (tertiary/aromatic N) is 2. The Morgan fingerprint density at radius 3 is 2.94 bits per heavy atom. The fourth-order valence-corrected chi connectivity index (χ4v) is 2.45. The van der Waals surface area contributed by atoms with Gasteiger partial charge in [0.15, 0.2) is 0 Å². The number of thiophene rings is 1. The van der Waals surface area contributed by atoms with Crippen LogP contribution in [0, 0.1) is 5.41 Å². The summed E-state index contributed by atoms with van der Waals surface area (Å²) in [6.45, 7) is 0.859. The highest BCUT2D eigenvalue weighted by atomic mass is 32.1. The molecule has 0 atom stereocenters. The summed E-state index contributed by atoms with van der Waals surface area (Å²) in [4.78, 5) is 7.70. The third-order valence-electron chi connectivity index (χ3n) is 2.71. The highest BCUT2D eigenvalue weighted by molar-refractivity contribution is 7.09. The van der Waals surface area contributed by atoms with Crippen LogP contribution in [0.5, 0.6) is 0 Å². The van der Waals surface area contributed by atoms with Crippen LogP contribution in [0.15, 0.2) is 35.8 Å². The highest BCUT2D eigenvalue weighted by Crippen LogP contribution is 2.16. The van der Waals surface area contributed by atoms with Crippen molar-refractivity contribution in [1.29, 1.82) is 5.41 Å². The van der Waals surface area contributed by atoms with E-state index in [9.17, 15) is 0 Å². The van der Waals surface area contributed by atoms with Crippen molar-refractivity contribution in [2.75, 3.05) is 18.5 Å². The summed E-state index contributed by atoms with van der Waals surface area (Å²) >= 11 is 1.76. The summed E-state index contributed by atoms with van der Waals surface area (Å²) in [5, 5.41) is 9.63. The van der Waals surface area contributed by atoms with Crippen LogP contribution in [0.2, 0.25) is 0 Å². The van der Waals surface area contributed by atoms with Crippen molar-refractivity contribution in [3.63, 3.8) is 0 Å². The number of hydrogen-bond donors (Lipinski definition) is 2. The normalized spacial score (nSPS) is 10.3. The number of nitrogen functional groups attached to an aromatic ring is 1. The van der Waals surface area contributed by atoms with E-state index in [4.69, 9.17) is 11.1 Å². The second-order valence-corrected chi connectivity index (χ2v) is 5.07. The third kappa shape index (κ3) is 2.87. The predicted molar refractivity (Wildman–Crippen MR) is 76.5 cm³/mol. The molecule has 0 aliphatic carbocycles. The summed E-state index contributed by atoms with van der Waals surface area (Å²) in [6.07, 6.45) is 2.70. The Bertz CT molecular complexity index is 522. The van der Waals surface area contributed by atoms with Crippen LogP contribution in [-0.4, -0.2) is 24.4 Å². The maximum absolute atomic E-state index is 7.55. The van der Waals surface area contributed by atoms with Gasteiger partial charge in [0.2, 0.25) is 0 Å². The standard InChI is InChI=1S/C13H16N4S/c1-17(8-6-10-4-3-9-18-10)13-11(12(14)15)5-2-7-16-13/h2-5,7,9H,6,8H2,1H3,(H3,14,15). The lowest BCUT2D eigenvalue weighted by atomic mass is 10.2. The number of anilines is 1. The van der Waals surface area contributed by atoms with Crippen LogP contribution >= 0.6 is 11.3 Å². The van der Waals surface area contributed by atoms with Crippen molar-refractivity contribution in [2.45, 2.75) is 6.42 Å². The van der Waals surface area contributed by atoms with Crippen molar-refractivity contribution in [3.05, 3.63) is 46.3 Å². The van der Waals surface area contributed by atoms with Crippen molar-refractivity contribution in [2.24, 2.45) is 5.73 Å². The maximum atomic E-state index is 7.55. The molecule has 2 aromatic heterocycles. The molecule has 2 heterocycles. The van der Waals surface area contributed by atoms with Gasteiger partial charge >= 0.3 is 0 Å². The zero-order chi connectivity index (χ0) is 13.0. The molecule has 2 rings (SSSR count). The summed E-state index contributed by atoms with van der Waals surface area (Å²) in [6, 6.07) is 7.81. The number of aromatic nitrogens is 1. The number of likely N-dealkylation sites (N-methyl/N-ethyl adjacent to an activating group) is 1. The molecule has 5 heteroatoms. The second kappa shape index (κ2) is 5.64. The van der Waals surface area contributed by atoms with Crippen LogP contribution in [0.1, 0.15) is 10.4 Å². The van der Waals surface area contributed by atoms with Gasteiger partial charge in [0.1, 0.15) is 11.7 Å². The maximum Gasteiger partial charge on any atom is 0.139 e. The molecular formula is C13H16N4S. The number of nitrogens with one attached hydrogen (secondary N) is 1. The van der Waals surface area contributed by atoms with Gasteiger partial charge in [-0.15, -0.1) is 11.3 Å². The Morgan fingerprint density at radius 1 is 1.44 bits per heavy atom. The lowest BCUT2D eigenvalue weighted by Gasteiger charge is -2.20. The monoisotopic (exact) mass is 260 g/mol. The molecule has 0 saturated carbocycles. The van der Waals surface area contributed by atoms with Crippen LogP contribution < -0.4 is 10.6 Å². The zero-order valence-corrected chi connectivity index (χ0v) is 11.1. The summed E-state index contributed by atoms with van der Waals surface area (Å²) in [5.41, 5.74) is 6.25. The molecular weight excluding hydrogens is 244 g/mol. The van der Waals surface area contributed by atoms with Gasteiger partial charge in [-0.2, -0.15) is 0 Å². The molecule has 0 aromatic carbocycles. The van der Waals surface area contributed by atoms with E-state index in [-0.39, 0.29) is 5.84 Å². The molecule has 0 aliphatic rings. The molecule has 0 fully saturated rings. The Hall–Kier alpha value is -1.88. The van der Waals surface area contributed by atoms with Gasteiger partial charge in [0.25, 0.3) is 0 Å². The first-order chi connectivity index (χ1) is 8.68. The van der Waals surface area contributed by atoms with Crippen molar-refractivity contribution < 1.29 is 0 Å². The van der Waals surface area contributed by atoms with Gasteiger partial charge in [0.05, 0.1) is 5.56 Å². The summed E-state index contributed by atoms with van der Waals surface area (Å²) in [5.74, 6) is 0.822. The third-order valence-corrected chi connectivity index (χ3v) is 3.65. The highest BCUT2D eigenvalue weighted by Gasteiger charge is 2.10. The number of pyridine rings is 1. The minimum atomic E-state index is 0.0565. The fraction of sp³-hybridized carbons (Fsp3) is 0.231. The van der Waals surface area contributed by atoms with E-state index in [1.165, 1.54) is 4.88 Å². The first-order valence-electron chi connectivity index (χ1n) is 5.71. The van der Waals surface area contributed by atoms with Gasteiger partial charge in [-0.1, -0.05) is 6.07 Å². The van der Waals surface area contributed by atoms with E-state index in [1.807, 2.05) is 18.0 Å². The fourth-order valence-electron chi connectivity index (χ4n) is 1.75. The quantitative estimate of drug-likeness (QED) is 0.639. The Balaban J connectivity index is 2.09. The molecule has 94 valence electrons. The van der Waals surface area contributed by atoms with E-state index in [1.54, 1.807) is 23.6 Å². The molecule has 0 radical (unpaired) electrons. The Morgan fingerprint density at radius 2 is 2.28 bits per heavy atom. The van der Waals surface area contributed by atoms with E-state index in [0.29, 0.717) is 5.56 Å². The smallest absolute Gasteiger partial charge is 0.139 e. The summed E-state index contributed by atoms with van der Waals surface area (Å²) < 4.78 is 0. The average molecular weight is 260 g/mol. The van der Waals surface area contributed by atoms with E-state index in [0.717, 1.165) is 18.8 Å². The van der Waals surface area contributed by atoms with Crippen molar-refractivity contribution in [3.8, 4) is 0 Å². The SMILES string of the molecule is CN(CCc1cccs1)c1ncccc1C(=N)N. The van der Waals surface area contributed by atoms with E-state index >= 15 is 0 Å². The largest absolute Gasteiger partial charge is 0.384 e. The molecule has 2 aromatic rings. The minimum Gasteiger partial charge on any atom is -0.384 e. The number of amidine groups is 1. The average Bonchev–Trinajstić information content (AvgIpc) is 2.89. The van der Waals surface area contributed by atoms with Crippen molar-refractivity contribution >= 4 is 23.0 Å². The predicted octanol–water partition coefficient (Wildman–Crippen LogP) is 2.11. The van der Waals surface area contributed by atoms with Gasteiger partial charge < -0.3 is 10.6 Å². The van der Waals surface area contributed by atoms with Crippen LogP contribution in [-0.2, 0) is 6.42 Å². The van der Waals surface area contributed by atoms with E-state index < -0.39 is 0 Å². The molecule has 0 unspecified atom stereocenters. The lowest BCUT2D eigenvalue weighted by Crippen LogP contribution is -2.25. The first-order valence-corrected chi connectivity index (χ1v) is 6.59. The molecule has 0 aliphatic heterocycles. The van der Waals surface area contributed by atoms with Crippen LogP contribution in [0.4, 0.5) is 5.82 Å². The van der Waals surface area contributed by atoms with Crippen molar-refractivity contribution in [1.82, 2.24) is 4.98 Å². The lowest BCUT2D eigenvalue weighted by molar-refractivity contribution is 0.867. The molecule has 0 saturated heterocycles. The minimum absolute atomic E-state index is 0.0565. The Labute approximate surface area is 111 Å². The molecule has 3 N–H and O–H groups in total. The van der Waals surface area contributed by atoms with Crippen LogP contribution in [0.25, 0.3) is 0 Å². The topological polar surface area (TPSA) is 66.0 Å². The second-order valence-electron chi connectivity index (χ2n) is 4.04. The number of hydrogen-bond acceptors (Lipinski definition) is 4. The first kappa shape index (κ1) is 12.6. The van der Waals surface area contributed by atoms with Gasteiger partial charge in [0, 0.05) is 24.7 Å². The Kier molecular flexibility index (Phi) is 3.94. The molecule has 0 bridgehead atoms. The molecule has 18 heavy (non-hydrogen) atoms. The van der Waals surface area contributed by atoms with Crippen LogP contribution in [0.3, 0.4) is 0 Å². The summed E-state index contributed by atoms with van der Waals surface area (Å²) in [7, 11) is 1.97. The van der Waals surface area contributed by atoms with Gasteiger partial charge in [-0.3, -0.25) is 5.41 Å². The number of rotatable bonds is 5.